The van der Waals surface area contributed by atoms with Crippen LogP contribution in [0.1, 0.15) is 30.5 Å². The summed E-state index contributed by atoms with van der Waals surface area (Å²) in [5.41, 5.74) is 10.9. The number of hydrogen-bond donors (Lipinski definition) is 1. The lowest BCUT2D eigenvalue weighted by atomic mass is 10.0. The summed E-state index contributed by atoms with van der Waals surface area (Å²) in [6, 6.07) is 17.2. The number of nitrogens with two attached hydrogens (primary N) is 1. The molecule has 0 fully saturated rings. The van der Waals surface area contributed by atoms with Gasteiger partial charge in [0.25, 0.3) is 0 Å². The van der Waals surface area contributed by atoms with E-state index >= 15 is 0 Å². The highest BCUT2D eigenvalue weighted by Crippen LogP contribution is 2.25. The zero-order valence-electron chi connectivity index (χ0n) is 11.9. The molecule has 0 bridgehead atoms. The van der Waals surface area contributed by atoms with E-state index in [9.17, 15) is 0 Å². The van der Waals surface area contributed by atoms with Crippen LogP contribution in [0.25, 0.3) is 0 Å². The number of hydrogen-bond acceptors (Lipinski definition) is 2. The van der Waals surface area contributed by atoms with Crippen LogP contribution in [0.3, 0.4) is 0 Å². The average Bonchev–Trinajstić information content (AvgIpc) is 2.46. The fourth-order valence-corrected chi connectivity index (χ4v) is 2.10. The maximum Gasteiger partial charge on any atom is 0.0408 e. The van der Waals surface area contributed by atoms with Gasteiger partial charge in [-0.15, -0.1) is 0 Å². The highest BCUT2D eigenvalue weighted by molar-refractivity contribution is 5.62. The van der Waals surface area contributed by atoms with Crippen LogP contribution in [0.15, 0.2) is 48.5 Å². The lowest BCUT2D eigenvalue weighted by Crippen LogP contribution is -2.11. The van der Waals surface area contributed by atoms with Gasteiger partial charge in [-0.3, -0.25) is 0 Å². The lowest BCUT2D eigenvalue weighted by Gasteiger charge is -2.20. The normalized spacial score (nSPS) is 12.2. The monoisotopic (exact) mass is 254 g/mol. The molecular weight excluding hydrogens is 232 g/mol. The van der Waals surface area contributed by atoms with E-state index in [1.165, 1.54) is 22.5 Å². The maximum atomic E-state index is 6.03. The minimum absolute atomic E-state index is 0.138. The molecule has 0 aliphatic rings. The highest BCUT2D eigenvalue weighted by atomic mass is 15.1. The van der Waals surface area contributed by atoms with E-state index in [-0.39, 0.29) is 6.04 Å². The Labute approximate surface area is 115 Å². The van der Waals surface area contributed by atoms with Gasteiger partial charge in [0.15, 0.2) is 0 Å². The molecule has 0 aromatic heterocycles. The third-order valence-corrected chi connectivity index (χ3v) is 3.57. The number of anilines is 2. The van der Waals surface area contributed by atoms with Gasteiger partial charge < -0.3 is 10.6 Å². The summed E-state index contributed by atoms with van der Waals surface area (Å²) in [5.74, 6) is 0. The van der Waals surface area contributed by atoms with E-state index in [0.29, 0.717) is 0 Å². The maximum absolute atomic E-state index is 6.03. The van der Waals surface area contributed by atoms with Crippen LogP contribution in [0.4, 0.5) is 11.4 Å². The van der Waals surface area contributed by atoms with E-state index in [4.69, 9.17) is 5.73 Å². The van der Waals surface area contributed by atoms with E-state index < -0.39 is 0 Å². The zero-order valence-corrected chi connectivity index (χ0v) is 11.9. The fraction of sp³-hybridized carbons (Fsp3) is 0.294. The number of rotatable bonds is 4. The van der Waals surface area contributed by atoms with Crippen LogP contribution < -0.4 is 10.6 Å². The molecule has 0 radical (unpaired) electrons. The smallest absolute Gasteiger partial charge is 0.0408 e. The molecular formula is C17H22N2. The van der Waals surface area contributed by atoms with E-state index in [1.807, 2.05) is 0 Å². The van der Waals surface area contributed by atoms with Crippen molar-refractivity contribution >= 4 is 11.4 Å². The van der Waals surface area contributed by atoms with Crippen molar-refractivity contribution in [1.82, 2.24) is 0 Å². The second-order valence-electron chi connectivity index (χ2n) is 5.00. The lowest BCUT2D eigenvalue weighted by molar-refractivity contribution is 0.699. The molecule has 0 saturated heterocycles. The van der Waals surface area contributed by atoms with Gasteiger partial charge in [-0.25, -0.2) is 0 Å². The van der Waals surface area contributed by atoms with Crippen molar-refractivity contribution < 1.29 is 0 Å². The first kappa shape index (κ1) is 13.6. The molecule has 2 N–H and O–H groups in total. The molecule has 0 unspecified atom stereocenters. The highest BCUT2D eigenvalue weighted by Gasteiger charge is 2.06. The SMILES string of the molecule is CC[C@@H](N)c1ccc(N(C)c2ccc(C)cc2)cc1. The molecule has 19 heavy (non-hydrogen) atoms. The second-order valence-corrected chi connectivity index (χ2v) is 5.00. The van der Waals surface area contributed by atoms with E-state index in [0.717, 1.165) is 6.42 Å². The van der Waals surface area contributed by atoms with Gasteiger partial charge in [-0.05, 0) is 43.2 Å². The van der Waals surface area contributed by atoms with Crippen molar-refractivity contribution in [3.05, 3.63) is 59.7 Å². The van der Waals surface area contributed by atoms with Crippen LogP contribution in [0, 0.1) is 6.92 Å². The standard InChI is InChI=1S/C17H22N2/c1-4-17(18)14-7-11-16(12-8-14)19(3)15-9-5-13(2)6-10-15/h5-12,17H,4,18H2,1-3H3/t17-/m1/s1. The molecule has 0 aliphatic carbocycles. The number of nitrogens with zero attached hydrogens (tertiary/aromatic N) is 1. The molecule has 0 spiro atoms. The van der Waals surface area contributed by atoms with Gasteiger partial charge in [0.1, 0.15) is 0 Å². The van der Waals surface area contributed by atoms with Gasteiger partial charge in [0.2, 0.25) is 0 Å². The molecule has 0 amide bonds. The minimum atomic E-state index is 0.138. The Morgan fingerprint density at radius 3 is 1.89 bits per heavy atom. The van der Waals surface area contributed by atoms with Gasteiger partial charge >= 0.3 is 0 Å². The summed E-state index contributed by atoms with van der Waals surface area (Å²) >= 11 is 0. The van der Waals surface area contributed by atoms with Crippen LogP contribution in [-0.2, 0) is 0 Å². The predicted molar refractivity (Wildman–Crippen MR) is 82.9 cm³/mol. The van der Waals surface area contributed by atoms with Crippen molar-refractivity contribution in [3.63, 3.8) is 0 Å². The van der Waals surface area contributed by atoms with Crippen molar-refractivity contribution in [1.29, 1.82) is 0 Å². The third-order valence-electron chi connectivity index (χ3n) is 3.57. The predicted octanol–water partition coefficient (Wildman–Crippen LogP) is 4.17. The molecule has 0 aliphatic heterocycles. The Hall–Kier alpha value is -1.80. The second kappa shape index (κ2) is 5.89. The topological polar surface area (TPSA) is 29.3 Å². The van der Waals surface area contributed by atoms with Gasteiger partial charge in [0, 0.05) is 24.5 Å². The summed E-state index contributed by atoms with van der Waals surface area (Å²) in [5, 5.41) is 0. The molecule has 2 nitrogen and oxygen atoms in total. The molecule has 0 saturated carbocycles. The number of benzene rings is 2. The van der Waals surface area contributed by atoms with Crippen molar-refractivity contribution in [2.75, 3.05) is 11.9 Å². The van der Waals surface area contributed by atoms with Crippen molar-refractivity contribution in [2.45, 2.75) is 26.3 Å². The van der Waals surface area contributed by atoms with Crippen LogP contribution in [0.5, 0.6) is 0 Å². The van der Waals surface area contributed by atoms with Crippen LogP contribution in [-0.4, -0.2) is 7.05 Å². The first-order valence-electron chi connectivity index (χ1n) is 6.77. The molecule has 1 atom stereocenters. The van der Waals surface area contributed by atoms with E-state index in [2.05, 4.69) is 74.3 Å². The Bertz CT molecular complexity index is 514. The molecule has 2 rings (SSSR count). The van der Waals surface area contributed by atoms with Crippen molar-refractivity contribution in [3.8, 4) is 0 Å². The average molecular weight is 254 g/mol. The summed E-state index contributed by atoms with van der Waals surface area (Å²) in [4.78, 5) is 2.18. The Kier molecular flexibility index (Phi) is 4.23. The van der Waals surface area contributed by atoms with Crippen LogP contribution >= 0.6 is 0 Å². The molecule has 2 aromatic rings. The largest absolute Gasteiger partial charge is 0.345 e. The van der Waals surface area contributed by atoms with Crippen LogP contribution in [0.2, 0.25) is 0 Å². The fourth-order valence-electron chi connectivity index (χ4n) is 2.10. The Morgan fingerprint density at radius 1 is 0.947 bits per heavy atom. The summed E-state index contributed by atoms with van der Waals surface area (Å²) < 4.78 is 0. The van der Waals surface area contributed by atoms with Crippen molar-refractivity contribution in [2.24, 2.45) is 5.73 Å². The van der Waals surface area contributed by atoms with Gasteiger partial charge in [-0.1, -0.05) is 36.8 Å². The molecule has 2 heteroatoms. The minimum Gasteiger partial charge on any atom is -0.345 e. The third kappa shape index (κ3) is 3.15. The first-order valence-corrected chi connectivity index (χ1v) is 6.77. The molecule has 2 aromatic carbocycles. The molecule has 0 heterocycles. The number of aryl methyl sites for hydroxylation is 1. The van der Waals surface area contributed by atoms with Gasteiger partial charge in [0.05, 0.1) is 0 Å². The first-order chi connectivity index (χ1) is 9.11. The quantitative estimate of drug-likeness (QED) is 0.887. The zero-order chi connectivity index (χ0) is 13.8. The Balaban J connectivity index is 2.19. The van der Waals surface area contributed by atoms with Gasteiger partial charge in [-0.2, -0.15) is 0 Å². The molecule has 100 valence electrons. The summed E-state index contributed by atoms with van der Waals surface area (Å²) in [6.45, 7) is 4.21. The van der Waals surface area contributed by atoms with E-state index in [1.54, 1.807) is 0 Å². The summed E-state index contributed by atoms with van der Waals surface area (Å²) in [6.07, 6.45) is 0.965. The summed E-state index contributed by atoms with van der Waals surface area (Å²) in [7, 11) is 2.08. The Morgan fingerprint density at radius 2 is 1.42 bits per heavy atom.